The monoisotopic (exact) mass is 292 g/mol. The van der Waals surface area contributed by atoms with Gasteiger partial charge in [0.1, 0.15) is 11.6 Å². The van der Waals surface area contributed by atoms with Gasteiger partial charge in [0.2, 0.25) is 5.89 Å². The Labute approximate surface area is 119 Å². The molecule has 1 atom stereocenters. The van der Waals surface area contributed by atoms with Crippen LogP contribution in [0.25, 0.3) is 0 Å². The smallest absolute Gasteiger partial charge is 0.237 e. The number of hydrogen-bond donors (Lipinski definition) is 0. The van der Waals surface area contributed by atoms with E-state index < -0.39 is 0 Å². The molecule has 0 saturated heterocycles. The number of ketones is 1. The summed E-state index contributed by atoms with van der Waals surface area (Å²) in [6, 6.07) is 6.56. The molecule has 1 fully saturated rings. The maximum absolute atomic E-state index is 13.5. The first-order valence-electron chi connectivity index (χ1n) is 6.46. The van der Waals surface area contributed by atoms with Gasteiger partial charge in [-0.3, -0.25) is 4.79 Å². The second-order valence-electron chi connectivity index (χ2n) is 4.68. The molecule has 0 amide bonds. The van der Waals surface area contributed by atoms with Gasteiger partial charge in [0.15, 0.2) is 5.82 Å². The standard InChI is InChI=1S/C14H13FN2O2S/c15-10-5-1-2-7-12(10)20-8-13-16-14(19-17-13)9-4-3-6-11(9)18/h1-2,5,7,9H,3-4,6,8H2. The van der Waals surface area contributed by atoms with Crippen LogP contribution in [0.5, 0.6) is 0 Å². The van der Waals surface area contributed by atoms with Crippen molar-refractivity contribution in [3.8, 4) is 0 Å². The number of carbonyl (C=O) groups is 1. The van der Waals surface area contributed by atoms with Gasteiger partial charge in [0.05, 0.1) is 11.7 Å². The van der Waals surface area contributed by atoms with Gasteiger partial charge in [0.25, 0.3) is 0 Å². The van der Waals surface area contributed by atoms with Crippen LogP contribution in [0.2, 0.25) is 0 Å². The minimum Gasteiger partial charge on any atom is -0.339 e. The Morgan fingerprint density at radius 3 is 3.00 bits per heavy atom. The molecule has 3 rings (SSSR count). The summed E-state index contributed by atoms with van der Waals surface area (Å²) in [5.41, 5.74) is 0. The van der Waals surface area contributed by atoms with E-state index in [2.05, 4.69) is 10.1 Å². The Balaban J connectivity index is 1.66. The Bertz CT molecular complexity index is 629. The van der Waals surface area contributed by atoms with Crippen LogP contribution in [0.1, 0.15) is 36.9 Å². The zero-order valence-corrected chi connectivity index (χ0v) is 11.5. The van der Waals surface area contributed by atoms with Crippen LogP contribution in [0.4, 0.5) is 4.39 Å². The number of aromatic nitrogens is 2. The lowest BCUT2D eigenvalue weighted by Crippen LogP contribution is -2.04. The fourth-order valence-electron chi connectivity index (χ4n) is 2.25. The Kier molecular flexibility index (Phi) is 3.82. The first kappa shape index (κ1) is 13.3. The summed E-state index contributed by atoms with van der Waals surface area (Å²) in [4.78, 5) is 16.4. The van der Waals surface area contributed by atoms with Crippen LogP contribution in [-0.4, -0.2) is 15.9 Å². The van der Waals surface area contributed by atoms with Crippen LogP contribution >= 0.6 is 11.8 Å². The molecule has 2 aromatic rings. The predicted molar refractivity (Wildman–Crippen MR) is 71.9 cm³/mol. The van der Waals surface area contributed by atoms with Crippen molar-refractivity contribution in [3.05, 3.63) is 41.8 Å². The molecule has 1 unspecified atom stereocenters. The summed E-state index contributed by atoms with van der Waals surface area (Å²) in [6.45, 7) is 0. The average Bonchev–Trinajstić information content (AvgIpc) is 3.06. The van der Waals surface area contributed by atoms with Crippen molar-refractivity contribution in [2.24, 2.45) is 0 Å². The van der Waals surface area contributed by atoms with E-state index in [9.17, 15) is 9.18 Å². The first-order valence-corrected chi connectivity index (χ1v) is 7.45. The minimum absolute atomic E-state index is 0.168. The van der Waals surface area contributed by atoms with E-state index in [0.29, 0.717) is 28.8 Å². The van der Waals surface area contributed by atoms with Crippen molar-refractivity contribution in [1.82, 2.24) is 10.1 Å². The molecule has 4 nitrogen and oxygen atoms in total. The Hall–Kier alpha value is -1.69. The molecule has 0 N–H and O–H groups in total. The molecule has 20 heavy (non-hydrogen) atoms. The van der Waals surface area contributed by atoms with Gasteiger partial charge < -0.3 is 4.52 Å². The highest BCUT2D eigenvalue weighted by Crippen LogP contribution is 2.31. The molecule has 1 aliphatic rings. The molecule has 0 bridgehead atoms. The summed E-state index contributed by atoms with van der Waals surface area (Å²) in [6.07, 6.45) is 2.25. The topological polar surface area (TPSA) is 56.0 Å². The number of rotatable bonds is 4. The third-order valence-corrected chi connectivity index (χ3v) is 4.32. The van der Waals surface area contributed by atoms with E-state index in [1.165, 1.54) is 17.8 Å². The molecule has 1 aromatic carbocycles. The maximum atomic E-state index is 13.5. The van der Waals surface area contributed by atoms with Crippen LogP contribution in [-0.2, 0) is 10.5 Å². The highest BCUT2D eigenvalue weighted by atomic mass is 32.2. The Morgan fingerprint density at radius 1 is 1.40 bits per heavy atom. The lowest BCUT2D eigenvalue weighted by Gasteiger charge is -2.00. The summed E-state index contributed by atoms with van der Waals surface area (Å²) < 4.78 is 18.6. The molecular weight excluding hydrogens is 279 g/mol. The van der Waals surface area contributed by atoms with Crippen LogP contribution in [0.15, 0.2) is 33.7 Å². The van der Waals surface area contributed by atoms with Crippen molar-refractivity contribution >= 4 is 17.5 Å². The average molecular weight is 292 g/mol. The van der Waals surface area contributed by atoms with Crippen LogP contribution in [0.3, 0.4) is 0 Å². The molecule has 0 radical (unpaired) electrons. The highest BCUT2D eigenvalue weighted by Gasteiger charge is 2.30. The number of nitrogens with zero attached hydrogens (tertiary/aromatic N) is 2. The molecule has 104 valence electrons. The summed E-state index contributed by atoms with van der Waals surface area (Å²) in [5, 5.41) is 3.86. The number of thioether (sulfide) groups is 1. The maximum Gasteiger partial charge on any atom is 0.237 e. The third-order valence-electron chi connectivity index (χ3n) is 3.28. The van der Waals surface area contributed by atoms with E-state index >= 15 is 0 Å². The predicted octanol–water partition coefficient (Wildman–Crippen LogP) is 3.34. The van der Waals surface area contributed by atoms with E-state index in [4.69, 9.17) is 4.52 Å². The highest BCUT2D eigenvalue weighted by molar-refractivity contribution is 7.98. The van der Waals surface area contributed by atoms with Crippen molar-refractivity contribution in [1.29, 1.82) is 0 Å². The zero-order chi connectivity index (χ0) is 13.9. The molecular formula is C14H13FN2O2S. The van der Waals surface area contributed by atoms with Crippen molar-refractivity contribution < 1.29 is 13.7 Å². The number of carbonyl (C=O) groups excluding carboxylic acids is 1. The van der Waals surface area contributed by atoms with Crippen LogP contribution < -0.4 is 0 Å². The molecule has 1 saturated carbocycles. The van der Waals surface area contributed by atoms with Crippen molar-refractivity contribution in [2.75, 3.05) is 0 Å². The van der Waals surface area contributed by atoms with Gasteiger partial charge in [-0.1, -0.05) is 17.3 Å². The van der Waals surface area contributed by atoms with E-state index in [-0.39, 0.29) is 17.5 Å². The second kappa shape index (κ2) is 5.75. The van der Waals surface area contributed by atoms with Gasteiger partial charge in [0, 0.05) is 11.3 Å². The number of hydrogen-bond acceptors (Lipinski definition) is 5. The second-order valence-corrected chi connectivity index (χ2v) is 5.70. The number of Topliss-reactive ketones (excluding diaryl/α,β-unsaturated/α-hetero) is 1. The largest absolute Gasteiger partial charge is 0.339 e. The van der Waals surface area contributed by atoms with Gasteiger partial charge >= 0.3 is 0 Å². The van der Waals surface area contributed by atoms with Gasteiger partial charge in [-0.2, -0.15) is 4.98 Å². The summed E-state index contributed by atoms with van der Waals surface area (Å²) in [7, 11) is 0. The van der Waals surface area contributed by atoms with Gasteiger partial charge in [-0.25, -0.2) is 4.39 Å². The fourth-order valence-corrected chi connectivity index (χ4v) is 3.03. The summed E-state index contributed by atoms with van der Waals surface area (Å²) in [5.74, 6) is 0.985. The van der Waals surface area contributed by atoms with E-state index in [0.717, 1.165) is 12.8 Å². The molecule has 1 aromatic heterocycles. The van der Waals surface area contributed by atoms with Crippen molar-refractivity contribution in [2.45, 2.75) is 35.8 Å². The number of benzene rings is 1. The lowest BCUT2D eigenvalue weighted by molar-refractivity contribution is -0.119. The molecule has 1 aliphatic carbocycles. The third kappa shape index (κ3) is 2.75. The number of halogens is 1. The minimum atomic E-state index is -0.257. The fraction of sp³-hybridized carbons (Fsp3) is 0.357. The molecule has 6 heteroatoms. The van der Waals surface area contributed by atoms with E-state index in [1.54, 1.807) is 18.2 Å². The molecule has 1 heterocycles. The van der Waals surface area contributed by atoms with E-state index in [1.807, 2.05) is 0 Å². The quantitative estimate of drug-likeness (QED) is 0.809. The molecule has 0 aliphatic heterocycles. The normalized spacial score (nSPS) is 18.6. The van der Waals surface area contributed by atoms with Crippen LogP contribution in [0, 0.1) is 5.82 Å². The lowest BCUT2D eigenvalue weighted by atomic mass is 10.1. The summed E-state index contributed by atoms with van der Waals surface area (Å²) >= 11 is 1.31. The first-order chi connectivity index (χ1) is 9.74. The Morgan fingerprint density at radius 2 is 2.25 bits per heavy atom. The van der Waals surface area contributed by atoms with Gasteiger partial charge in [-0.05, 0) is 25.0 Å². The molecule has 0 spiro atoms. The SMILES string of the molecule is O=C1CCCC1c1nc(CSc2ccccc2F)no1. The van der Waals surface area contributed by atoms with Gasteiger partial charge in [-0.15, -0.1) is 11.8 Å². The zero-order valence-electron chi connectivity index (χ0n) is 10.7. The van der Waals surface area contributed by atoms with Crippen molar-refractivity contribution in [3.63, 3.8) is 0 Å².